The fraction of sp³-hybridized carbons (Fsp3) is 1.00. The second-order valence-electron chi connectivity index (χ2n) is 2.23. The monoisotopic (exact) mass is 354 g/mol. The average Bonchev–Trinajstić information content (AvgIpc) is 1.76. The van der Waals surface area contributed by atoms with E-state index in [2.05, 4.69) is 0 Å². The van der Waals surface area contributed by atoms with Crippen LogP contribution in [0.5, 0.6) is 0 Å². The summed E-state index contributed by atoms with van der Waals surface area (Å²) in [5.74, 6) is -1.24. The molecule has 0 saturated carbocycles. The molecular weight excluding hydrogens is 346 g/mol. The van der Waals surface area contributed by atoms with Crippen molar-refractivity contribution < 1.29 is 25.9 Å². The Labute approximate surface area is 118 Å². The second-order valence-corrected chi connectivity index (χ2v) is 5.28. The van der Waals surface area contributed by atoms with Gasteiger partial charge < -0.3 is 9.11 Å². The molecule has 0 atom stereocenters. The summed E-state index contributed by atoms with van der Waals surface area (Å²) < 4.78 is 59.8. The molecule has 0 spiro atoms. The van der Waals surface area contributed by atoms with Gasteiger partial charge in [-0.3, -0.25) is 0 Å². The minimum Gasteiger partial charge on any atom is -0.748 e. The van der Waals surface area contributed by atoms with Gasteiger partial charge in [0, 0.05) is 11.5 Å². The molecule has 13 heavy (non-hydrogen) atoms. The van der Waals surface area contributed by atoms with Crippen molar-refractivity contribution >= 4 is 69.1 Å². The van der Waals surface area contributed by atoms with Gasteiger partial charge in [0.2, 0.25) is 0 Å². The van der Waals surface area contributed by atoms with E-state index in [1.165, 1.54) is 0 Å². The first kappa shape index (κ1) is 16.8. The van der Waals surface area contributed by atoms with Gasteiger partial charge in [0.05, 0.1) is 20.2 Å². The summed E-state index contributed by atoms with van der Waals surface area (Å²) in [6, 6.07) is 0. The van der Waals surface area contributed by atoms with Crippen molar-refractivity contribution in [2.45, 2.75) is 12.8 Å². The van der Waals surface area contributed by atoms with E-state index >= 15 is 0 Å². The van der Waals surface area contributed by atoms with Crippen LogP contribution in [0.4, 0.5) is 0 Å². The summed E-state index contributed by atoms with van der Waals surface area (Å²) in [6.45, 7) is 0. The van der Waals surface area contributed by atoms with Crippen molar-refractivity contribution in [3.05, 3.63) is 0 Å². The van der Waals surface area contributed by atoms with Crippen molar-refractivity contribution in [1.82, 2.24) is 0 Å². The Morgan fingerprint density at radius 2 is 1.00 bits per heavy atom. The molecule has 0 heterocycles. The van der Waals surface area contributed by atoms with E-state index in [0.29, 0.717) is 0 Å². The van der Waals surface area contributed by atoms with Crippen LogP contribution < -0.4 is 0 Å². The van der Waals surface area contributed by atoms with Crippen molar-refractivity contribution in [2.75, 3.05) is 11.5 Å². The molecule has 0 aromatic carbocycles. The largest absolute Gasteiger partial charge is 2.00 e. The molecule has 0 radical (unpaired) electrons. The number of hydrogen-bond acceptors (Lipinski definition) is 6. The molecule has 0 aliphatic carbocycles. The van der Waals surface area contributed by atoms with Crippen LogP contribution in [0.25, 0.3) is 0 Å². The third-order valence-electron chi connectivity index (χ3n) is 1.04. The minimum absolute atomic E-state index is 0. The molecule has 0 aliphatic heterocycles. The Kier molecular flexibility index (Phi) is 8.79. The van der Waals surface area contributed by atoms with E-state index in [4.69, 9.17) is 0 Å². The zero-order valence-electron chi connectivity index (χ0n) is 6.80. The van der Waals surface area contributed by atoms with Crippen LogP contribution >= 0.6 is 0 Å². The van der Waals surface area contributed by atoms with Crippen molar-refractivity contribution in [1.29, 1.82) is 0 Å². The molecule has 74 valence electrons. The maximum absolute atomic E-state index is 9.97. The number of hydrogen-bond donors (Lipinski definition) is 0. The van der Waals surface area contributed by atoms with Gasteiger partial charge in [0.15, 0.2) is 0 Å². The molecule has 0 aliphatic rings. The van der Waals surface area contributed by atoms with Crippen LogP contribution in [-0.4, -0.2) is 86.3 Å². The molecule has 0 rings (SSSR count). The molecule has 0 fully saturated rings. The first-order valence-electron chi connectivity index (χ1n) is 3.08. The van der Waals surface area contributed by atoms with Crippen LogP contribution in [0.1, 0.15) is 12.8 Å². The Hall–Kier alpha value is 1.39. The Bertz CT molecular complexity index is 283. The van der Waals surface area contributed by atoms with E-state index < -0.39 is 31.7 Å². The minimum atomic E-state index is -4.29. The second kappa shape index (κ2) is 6.80. The first-order chi connectivity index (χ1) is 5.21. The van der Waals surface area contributed by atoms with Gasteiger partial charge in [-0.25, -0.2) is 16.8 Å². The third-order valence-corrected chi connectivity index (χ3v) is 2.62. The molecule has 6 nitrogen and oxygen atoms in total. The molecule has 0 aromatic rings. The standard InChI is InChI=1S/C4H10O6S2.Ba/c5-11(6,7)3-1-2-4-12(8,9)10;/h1-4H2,(H,5,6,7)(H,8,9,10);/q;+2/p-2. The SMILES string of the molecule is O=S(=O)([O-])CCCCS(=O)(=O)[O-].[Ba+2]. The summed E-state index contributed by atoms with van der Waals surface area (Å²) in [5.41, 5.74) is 0. The van der Waals surface area contributed by atoms with Crippen LogP contribution in [0, 0.1) is 0 Å². The molecule has 0 saturated heterocycles. The smallest absolute Gasteiger partial charge is 0.748 e. The third kappa shape index (κ3) is 16.1. The van der Waals surface area contributed by atoms with Gasteiger partial charge in [-0.2, -0.15) is 0 Å². The normalized spacial score (nSPS) is 12.2. The van der Waals surface area contributed by atoms with Crippen LogP contribution in [0.3, 0.4) is 0 Å². The van der Waals surface area contributed by atoms with Gasteiger partial charge >= 0.3 is 48.9 Å². The van der Waals surface area contributed by atoms with Crippen molar-refractivity contribution in [3.63, 3.8) is 0 Å². The molecular formula is C4H8BaO6S2. The van der Waals surface area contributed by atoms with E-state index in [0.717, 1.165) is 0 Å². The number of rotatable bonds is 5. The summed E-state index contributed by atoms with van der Waals surface area (Å²) >= 11 is 0. The molecule has 0 N–H and O–H groups in total. The van der Waals surface area contributed by atoms with Crippen LogP contribution in [0.15, 0.2) is 0 Å². The zero-order valence-corrected chi connectivity index (χ0v) is 12.9. The molecule has 9 heteroatoms. The number of unbranched alkanes of at least 4 members (excludes halogenated alkanes) is 1. The van der Waals surface area contributed by atoms with Crippen molar-refractivity contribution in [2.24, 2.45) is 0 Å². The summed E-state index contributed by atoms with van der Waals surface area (Å²) in [6.07, 6.45) is -0.180. The van der Waals surface area contributed by atoms with Gasteiger partial charge in [-0.15, -0.1) is 0 Å². The zero-order chi connectivity index (χ0) is 9.83. The topological polar surface area (TPSA) is 114 Å². The van der Waals surface area contributed by atoms with Gasteiger partial charge in [-0.1, -0.05) is 0 Å². The summed E-state index contributed by atoms with van der Waals surface area (Å²) in [4.78, 5) is 0. The van der Waals surface area contributed by atoms with Gasteiger partial charge in [-0.05, 0) is 12.8 Å². The molecule has 0 amide bonds. The Balaban J connectivity index is 0. The van der Waals surface area contributed by atoms with E-state index in [9.17, 15) is 25.9 Å². The van der Waals surface area contributed by atoms with Crippen molar-refractivity contribution in [3.8, 4) is 0 Å². The Morgan fingerprint density at radius 1 is 0.769 bits per heavy atom. The fourth-order valence-corrected chi connectivity index (χ4v) is 1.67. The molecule has 0 aromatic heterocycles. The van der Waals surface area contributed by atoms with Gasteiger partial charge in [0.1, 0.15) is 0 Å². The molecule has 0 bridgehead atoms. The molecule has 0 unspecified atom stereocenters. The quantitative estimate of drug-likeness (QED) is 0.337. The van der Waals surface area contributed by atoms with Crippen LogP contribution in [0.2, 0.25) is 0 Å². The van der Waals surface area contributed by atoms with E-state index in [-0.39, 0.29) is 61.7 Å². The average molecular weight is 354 g/mol. The van der Waals surface area contributed by atoms with E-state index in [1.807, 2.05) is 0 Å². The first-order valence-corrected chi connectivity index (χ1v) is 6.23. The predicted molar refractivity (Wildman–Crippen MR) is 44.1 cm³/mol. The maximum atomic E-state index is 9.97. The fourth-order valence-electron chi connectivity index (χ4n) is 0.558. The predicted octanol–water partition coefficient (Wildman–Crippen LogP) is -1.52. The summed E-state index contributed by atoms with van der Waals surface area (Å²) in [5, 5.41) is 0. The summed E-state index contributed by atoms with van der Waals surface area (Å²) in [7, 11) is -8.58. The van der Waals surface area contributed by atoms with Gasteiger partial charge in [0.25, 0.3) is 0 Å². The Morgan fingerprint density at radius 3 is 1.15 bits per heavy atom. The van der Waals surface area contributed by atoms with E-state index in [1.54, 1.807) is 0 Å². The maximum Gasteiger partial charge on any atom is 2.00 e. The van der Waals surface area contributed by atoms with Crippen LogP contribution in [-0.2, 0) is 20.2 Å².